The molecule has 1 saturated heterocycles. The van der Waals surface area contributed by atoms with Gasteiger partial charge in [-0.15, -0.1) is 0 Å². The molecular weight excluding hydrogens is 258 g/mol. The van der Waals surface area contributed by atoms with Crippen molar-refractivity contribution in [3.63, 3.8) is 0 Å². The first-order valence-electron chi connectivity index (χ1n) is 8.13. The van der Waals surface area contributed by atoms with E-state index in [1.54, 1.807) is 0 Å². The third-order valence-electron chi connectivity index (χ3n) is 4.34. The highest BCUT2D eigenvalue weighted by Crippen LogP contribution is 2.27. The zero-order chi connectivity index (χ0) is 14.7. The summed E-state index contributed by atoms with van der Waals surface area (Å²) in [5.41, 5.74) is 9.45. The molecule has 1 aliphatic rings. The first-order valence-corrected chi connectivity index (χ1v) is 8.13. The highest BCUT2D eigenvalue weighted by molar-refractivity contribution is 5.82. The fourth-order valence-corrected chi connectivity index (χ4v) is 3.17. The van der Waals surface area contributed by atoms with Crippen LogP contribution < -0.4 is 10.6 Å². The lowest BCUT2D eigenvalue weighted by Crippen LogP contribution is -2.31. The second-order valence-electron chi connectivity index (χ2n) is 6.11. The molecule has 1 aromatic carbocycles. The van der Waals surface area contributed by atoms with E-state index in [1.165, 1.54) is 41.6 Å². The Morgan fingerprint density at radius 3 is 2.71 bits per heavy atom. The maximum Gasteiger partial charge on any atom is 0.132 e. The summed E-state index contributed by atoms with van der Waals surface area (Å²) in [6, 6.07) is 8.86. The number of rotatable bonds is 4. The zero-order valence-corrected chi connectivity index (χ0v) is 12.9. The van der Waals surface area contributed by atoms with Gasteiger partial charge in [0, 0.05) is 18.5 Å². The summed E-state index contributed by atoms with van der Waals surface area (Å²) in [7, 11) is 0. The molecule has 112 valence electrons. The fraction of sp³-hybridized carbons (Fsp3) is 0.500. The molecule has 3 nitrogen and oxygen atoms in total. The van der Waals surface area contributed by atoms with Crippen molar-refractivity contribution < 1.29 is 0 Å². The Bertz CT molecular complexity index is 615. The largest absolute Gasteiger partial charge is 0.356 e. The van der Waals surface area contributed by atoms with Crippen LogP contribution in [0.2, 0.25) is 0 Å². The SMILES string of the molecule is Cc1ccc2cc(CCCN)c(N3CCCCC3)nc2c1. The third-order valence-corrected chi connectivity index (χ3v) is 4.34. The minimum atomic E-state index is 0.741. The smallest absolute Gasteiger partial charge is 0.132 e. The number of fused-ring (bicyclic) bond motifs is 1. The first-order chi connectivity index (χ1) is 10.3. The van der Waals surface area contributed by atoms with Gasteiger partial charge >= 0.3 is 0 Å². The van der Waals surface area contributed by atoms with Crippen molar-refractivity contribution in [2.75, 3.05) is 24.5 Å². The fourth-order valence-electron chi connectivity index (χ4n) is 3.17. The first kappa shape index (κ1) is 14.3. The molecule has 3 rings (SSSR count). The highest BCUT2D eigenvalue weighted by atomic mass is 15.2. The summed E-state index contributed by atoms with van der Waals surface area (Å²) in [5, 5.41) is 1.24. The molecule has 2 heterocycles. The van der Waals surface area contributed by atoms with Crippen LogP contribution >= 0.6 is 0 Å². The van der Waals surface area contributed by atoms with E-state index in [1.807, 2.05) is 0 Å². The van der Waals surface area contributed by atoms with Gasteiger partial charge in [-0.2, -0.15) is 0 Å². The second-order valence-corrected chi connectivity index (χ2v) is 6.11. The van der Waals surface area contributed by atoms with Crippen LogP contribution in [0.5, 0.6) is 0 Å². The molecule has 0 bridgehead atoms. The van der Waals surface area contributed by atoms with Gasteiger partial charge in [0.15, 0.2) is 0 Å². The van der Waals surface area contributed by atoms with Crippen LogP contribution in [-0.4, -0.2) is 24.6 Å². The monoisotopic (exact) mass is 283 g/mol. The van der Waals surface area contributed by atoms with E-state index in [0.29, 0.717) is 0 Å². The van der Waals surface area contributed by atoms with E-state index >= 15 is 0 Å². The van der Waals surface area contributed by atoms with Crippen molar-refractivity contribution in [1.29, 1.82) is 0 Å². The Morgan fingerprint density at radius 2 is 1.95 bits per heavy atom. The molecule has 0 radical (unpaired) electrons. The predicted octanol–water partition coefficient (Wildman–Crippen LogP) is 3.42. The summed E-state index contributed by atoms with van der Waals surface area (Å²) in [5.74, 6) is 1.20. The normalized spacial score (nSPS) is 15.6. The highest BCUT2D eigenvalue weighted by Gasteiger charge is 2.16. The van der Waals surface area contributed by atoms with Gasteiger partial charge in [-0.25, -0.2) is 4.98 Å². The van der Waals surface area contributed by atoms with Gasteiger partial charge in [0.05, 0.1) is 5.52 Å². The number of benzene rings is 1. The molecule has 0 amide bonds. The number of hydrogen-bond acceptors (Lipinski definition) is 3. The molecule has 1 fully saturated rings. The molecule has 2 aromatic rings. The van der Waals surface area contributed by atoms with Gasteiger partial charge in [0.2, 0.25) is 0 Å². The number of aryl methyl sites for hydroxylation is 2. The lowest BCUT2D eigenvalue weighted by atomic mass is 10.0. The number of nitrogens with two attached hydrogens (primary N) is 1. The Labute approximate surface area is 127 Å². The van der Waals surface area contributed by atoms with Crippen LogP contribution in [0.3, 0.4) is 0 Å². The maximum atomic E-state index is 5.70. The number of pyridine rings is 1. The van der Waals surface area contributed by atoms with Crippen molar-refractivity contribution in [3.8, 4) is 0 Å². The minimum Gasteiger partial charge on any atom is -0.356 e. The van der Waals surface area contributed by atoms with E-state index < -0.39 is 0 Å². The Balaban J connectivity index is 2.03. The van der Waals surface area contributed by atoms with Crippen LogP contribution in [-0.2, 0) is 6.42 Å². The summed E-state index contributed by atoms with van der Waals surface area (Å²) in [6.07, 6.45) is 5.97. The number of hydrogen-bond donors (Lipinski definition) is 1. The van der Waals surface area contributed by atoms with Gasteiger partial charge in [0.25, 0.3) is 0 Å². The van der Waals surface area contributed by atoms with E-state index in [-0.39, 0.29) is 0 Å². The van der Waals surface area contributed by atoms with Crippen LogP contribution in [0.25, 0.3) is 10.9 Å². The average molecular weight is 283 g/mol. The van der Waals surface area contributed by atoms with Gasteiger partial charge in [-0.1, -0.05) is 12.1 Å². The van der Waals surface area contributed by atoms with Crippen LogP contribution in [0.1, 0.15) is 36.8 Å². The molecule has 0 aliphatic carbocycles. The van der Waals surface area contributed by atoms with Crippen molar-refractivity contribution in [1.82, 2.24) is 4.98 Å². The van der Waals surface area contributed by atoms with E-state index in [0.717, 1.165) is 38.0 Å². The summed E-state index contributed by atoms with van der Waals surface area (Å²) in [6.45, 7) is 5.15. The Hall–Kier alpha value is -1.61. The van der Waals surface area contributed by atoms with Gasteiger partial charge in [-0.3, -0.25) is 0 Å². The Morgan fingerprint density at radius 1 is 1.14 bits per heavy atom. The van der Waals surface area contributed by atoms with E-state index in [4.69, 9.17) is 10.7 Å². The Kier molecular flexibility index (Phi) is 4.39. The minimum absolute atomic E-state index is 0.741. The number of piperidine rings is 1. The molecule has 1 aromatic heterocycles. The van der Waals surface area contributed by atoms with Gasteiger partial charge in [-0.05, 0) is 68.8 Å². The molecule has 3 heteroatoms. The summed E-state index contributed by atoms with van der Waals surface area (Å²) in [4.78, 5) is 7.47. The van der Waals surface area contributed by atoms with E-state index in [2.05, 4.69) is 36.1 Å². The summed E-state index contributed by atoms with van der Waals surface area (Å²) >= 11 is 0. The lowest BCUT2D eigenvalue weighted by Gasteiger charge is -2.30. The standard InChI is InChI=1S/C18H25N3/c1-14-7-8-15-13-16(6-5-9-19)18(20-17(15)12-14)21-10-3-2-4-11-21/h7-8,12-13H,2-6,9-11,19H2,1H3. The summed E-state index contributed by atoms with van der Waals surface area (Å²) < 4.78 is 0. The van der Waals surface area contributed by atoms with Crippen molar-refractivity contribution in [2.45, 2.75) is 39.0 Å². The maximum absolute atomic E-state index is 5.70. The average Bonchev–Trinajstić information content (AvgIpc) is 2.53. The molecule has 1 aliphatic heterocycles. The van der Waals surface area contributed by atoms with Crippen molar-refractivity contribution in [2.24, 2.45) is 5.73 Å². The van der Waals surface area contributed by atoms with Crippen molar-refractivity contribution in [3.05, 3.63) is 35.4 Å². The van der Waals surface area contributed by atoms with Crippen LogP contribution in [0, 0.1) is 6.92 Å². The molecular formula is C18H25N3. The topological polar surface area (TPSA) is 42.1 Å². The van der Waals surface area contributed by atoms with Crippen molar-refractivity contribution >= 4 is 16.7 Å². The third kappa shape index (κ3) is 3.18. The number of aromatic nitrogens is 1. The molecule has 0 atom stereocenters. The predicted molar refractivity (Wildman–Crippen MR) is 89.9 cm³/mol. The molecule has 2 N–H and O–H groups in total. The number of anilines is 1. The van der Waals surface area contributed by atoms with Gasteiger partial charge in [0.1, 0.15) is 5.82 Å². The van der Waals surface area contributed by atoms with Crippen LogP contribution in [0.4, 0.5) is 5.82 Å². The van der Waals surface area contributed by atoms with E-state index in [9.17, 15) is 0 Å². The molecule has 0 unspecified atom stereocenters. The second kappa shape index (κ2) is 6.44. The van der Waals surface area contributed by atoms with Gasteiger partial charge < -0.3 is 10.6 Å². The number of nitrogens with zero attached hydrogens (tertiary/aromatic N) is 2. The molecule has 21 heavy (non-hydrogen) atoms. The van der Waals surface area contributed by atoms with Crippen LogP contribution in [0.15, 0.2) is 24.3 Å². The zero-order valence-electron chi connectivity index (χ0n) is 12.9. The quantitative estimate of drug-likeness (QED) is 0.935. The molecule has 0 saturated carbocycles. The lowest BCUT2D eigenvalue weighted by molar-refractivity contribution is 0.572. The molecule has 0 spiro atoms.